The minimum absolute atomic E-state index is 0.107. The number of alkyl halides is 3. The van der Waals surface area contributed by atoms with Crippen molar-refractivity contribution in [3.05, 3.63) is 52.5 Å². The standard InChI is InChI=1S/C24H25BrF3NO5S/c1-13-20(21(13)22(30)34-23(2,3)4)19-12-29(17-11-15(25)8-9-18(17)33-19)35(31,32)16-7-5-6-14(10-16)24(26,27)28/h5-11,13,19-21H,12H2,1-4H3/t13?,19-,20?,21?/m1/s1. The number of nitrogens with zero attached hydrogens (tertiary/aromatic N) is 1. The molecule has 0 saturated heterocycles. The maximum absolute atomic E-state index is 13.6. The quantitative estimate of drug-likeness (QED) is 0.440. The van der Waals surface area contributed by atoms with Gasteiger partial charge in [-0.05, 0) is 63.1 Å². The maximum Gasteiger partial charge on any atom is 0.416 e. The molecule has 0 aromatic heterocycles. The normalized spacial score (nSPS) is 24.4. The van der Waals surface area contributed by atoms with E-state index in [0.29, 0.717) is 10.5 Å². The number of rotatable bonds is 4. The Balaban J connectivity index is 1.70. The van der Waals surface area contributed by atoms with Gasteiger partial charge >= 0.3 is 12.1 Å². The van der Waals surface area contributed by atoms with E-state index >= 15 is 0 Å². The summed E-state index contributed by atoms with van der Waals surface area (Å²) in [5.41, 5.74) is -1.52. The molecule has 0 spiro atoms. The molecule has 0 amide bonds. The predicted molar refractivity (Wildman–Crippen MR) is 127 cm³/mol. The summed E-state index contributed by atoms with van der Waals surface area (Å²) in [5.74, 6) is -0.991. The van der Waals surface area contributed by atoms with Crippen LogP contribution >= 0.6 is 15.9 Å². The molecule has 1 heterocycles. The van der Waals surface area contributed by atoms with Gasteiger partial charge in [-0.15, -0.1) is 0 Å². The Morgan fingerprint density at radius 2 is 1.83 bits per heavy atom. The number of fused-ring (bicyclic) bond motifs is 1. The van der Waals surface area contributed by atoms with Crippen LogP contribution in [0.3, 0.4) is 0 Å². The summed E-state index contributed by atoms with van der Waals surface area (Å²) in [6, 6.07) is 8.46. The molecule has 3 unspecified atom stereocenters. The molecule has 11 heteroatoms. The largest absolute Gasteiger partial charge is 0.486 e. The molecule has 190 valence electrons. The van der Waals surface area contributed by atoms with Crippen molar-refractivity contribution >= 4 is 37.6 Å². The first-order chi connectivity index (χ1) is 16.1. The fourth-order valence-corrected chi connectivity index (χ4v) is 6.32. The number of sulfonamides is 1. The molecular weight excluding hydrogens is 551 g/mol. The maximum atomic E-state index is 13.6. The first-order valence-electron chi connectivity index (χ1n) is 11.0. The minimum atomic E-state index is -4.69. The number of hydrogen-bond acceptors (Lipinski definition) is 5. The fraction of sp³-hybridized carbons (Fsp3) is 0.458. The van der Waals surface area contributed by atoms with E-state index < -0.39 is 44.3 Å². The number of carbonyl (C=O) groups is 1. The van der Waals surface area contributed by atoms with Crippen molar-refractivity contribution < 1.29 is 35.9 Å². The summed E-state index contributed by atoms with van der Waals surface area (Å²) in [7, 11) is -4.38. The van der Waals surface area contributed by atoms with E-state index in [4.69, 9.17) is 9.47 Å². The van der Waals surface area contributed by atoms with Gasteiger partial charge in [0.05, 0.1) is 28.6 Å². The first-order valence-corrected chi connectivity index (χ1v) is 13.2. The van der Waals surface area contributed by atoms with Crippen LogP contribution in [-0.4, -0.2) is 32.6 Å². The van der Waals surface area contributed by atoms with E-state index in [2.05, 4.69) is 15.9 Å². The van der Waals surface area contributed by atoms with Gasteiger partial charge in [-0.3, -0.25) is 9.10 Å². The predicted octanol–water partition coefficient (Wildman–Crippen LogP) is 5.65. The summed E-state index contributed by atoms with van der Waals surface area (Å²) in [6.07, 6.45) is -5.37. The van der Waals surface area contributed by atoms with Crippen LogP contribution in [0.2, 0.25) is 0 Å². The van der Waals surface area contributed by atoms with Crippen molar-refractivity contribution in [2.75, 3.05) is 10.8 Å². The number of esters is 1. The van der Waals surface area contributed by atoms with Crippen LogP contribution in [0, 0.1) is 17.8 Å². The summed E-state index contributed by atoms with van der Waals surface area (Å²) in [4.78, 5) is 12.2. The van der Waals surface area contributed by atoms with Gasteiger partial charge in [0.15, 0.2) is 0 Å². The van der Waals surface area contributed by atoms with Crippen molar-refractivity contribution in [3.8, 4) is 5.75 Å². The second kappa shape index (κ2) is 8.69. The van der Waals surface area contributed by atoms with E-state index in [9.17, 15) is 26.4 Å². The molecule has 1 aliphatic carbocycles. The van der Waals surface area contributed by atoms with E-state index in [1.807, 2.05) is 6.92 Å². The van der Waals surface area contributed by atoms with Crippen LogP contribution in [-0.2, 0) is 25.7 Å². The fourth-order valence-electron chi connectivity index (χ4n) is 4.44. The van der Waals surface area contributed by atoms with Gasteiger partial charge in [-0.2, -0.15) is 13.2 Å². The zero-order chi connectivity index (χ0) is 25.9. The van der Waals surface area contributed by atoms with Crippen LogP contribution in [0.15, 0.2) is 51.8 Å². The Morgan fingerprint density at radius 3 is 2.46 bits per heavy atom. The van der Waals surface area contributed by atoms with Crippen molar-refractivity contribution in [1.29, 1.82) is 0 Å². The highest BCUT2D eigenvalue weighted by atomic mass is 79.9. The number of carbonyl (C=O) groups excluding carboxylic acids is 1. The van der Waals surface area contributed by atoms with Crippen LogP contribution < -0.4 is 9.04 Å². The van der Waals surface area contributed by atoms with Gasteiger partial charge in [0, 0.05) is 10.4 Å². The third kappa shape index (κ3) is 5.16. The smallest absolute Gasteiger partial charge is 0.416 e. The molecule has 1 saturated carbocycles. The minimum Gasteiger partial charge on any atom is -0.486 e. The average Bonchev–Trinajstić information content (AvgIpc) is 3.42. The number of halogens is 4. The summed E-state index contributed by atoms with van der Waals surface area (Å²) >= 11 is 3.31. The Morgan fingerprint density at radius 1 is 1.14 bits per heavy atom. The van der Waals surface area contributed by atoms with Crippen LogP contribution in [0.4, 0.5) is 18.9 Å². The second-order valence-corrected chi connectivity index (χ2v) is 12.6. The lowest BCUT2D eigenvalue weighted by molar-refractivity contribution is -0.157. The van der Waals surface area contributed by atoms with Crippen LogP contribution in [0.25, 0.3) is 0 Å². The lowest BCUT2D eigenvalue weighted by atomic mass is 10.1. The van der Waals surface area contributed by atoms with Gasteiger partial charge in [0.25, 0.3) is 10.0 Å². The van der Waals surface area contributed by atoms with Crippen molar-refractivity contribution in [2.45, 2.75) is 50.5 Å². The first kappa shape index (κ1) is 25.8. The number of anilines is 1. The van der Waals surface area contributed by atoms with Gasteiger partial charge < -0.3 is 9.47 Å². The Hall–Kier alpha value is -2.27. The lowest BCUT2D eigenvalue weighted by Crippen LogP contribution is -2.45. The molecule has 1 fully saturated rings. The Bertz CT molecular complexity index is 1260. The molecule has 2 aromatic carbocycles. The molecule has 35 heavy (non-hydrogen) atoms. The molecule has 0 N–H and O–H groups in total. The molecule has 1 aliphatic heterocycles. The third-order valence-electron chi connectivity index (χ3n) is 6.12. The molecule has 4 rings (SSSR count). The summed E-state index contributed by atoms with van der Waals surface area (Å²) in [5, 5.41) is 0. The van der Waals surface area contributed by atoms with Crippen molar-refractivity contribution in [2.24, 2.45) is 17.8 Å². The number of benzene rings is 2. The highest BCUT2D eigenvalue weighted by Crippen LogP contribution is 2.53. The molecule has 2 aliphatic rings. The Labute approximate surface area is 210 Å². The highest BCUT2D eigenvalue weighted by molar-refractivity contribution is 9.10. The van der Waals surface area contributed by atoms with Gasteiger partial charge in [-0.1, -0.05) is 28.9 Å². The molecule has 4 atom stereocenters. The molecular formula is C24H25BrF3NO5S. The van der Waals surface area contributed by atoms with E-state index in [0.717, 1.165) is 22.5 Å². The Kier molecular flexibility index (Phi) is 6.41. The molecule has 2 aromatic rings. The number of hydrogen-bond donors (Lipinski definition) is 0. The average molecular weight is 576 g/mol. The van der Waals surface area contributed by atoms with Crippen LogP contribution in [0.1, 0.15) is 33.3 Å². The third-order valence-corrected chi connectivity index (χ3v) is 8.39. The van der Waals surface area contributed by atoms with Crippen molar-refractivity contribution in [3.63, 3.8) is 0 Å². The van der Waals surface area contributed by atoms with Gasteiger partial charge in [0.2, 0.25) is 0 Å². The van der Waals surface area contributed by atoms with Crippen molar-refractivity contribution in [1.82, 2.24) is 0 Å². The van der Waals surface area contributed by atoms with Gasteiger partial charge in [-0.25, -0.2) is 8.42 Å². The molecule has 0 radical (unpaired) electrons. The zero-order valence-electron chi connectivity index (χ0n) is 19.5. The van der Waals surface area contributed by atoms with E-state index in [1.165, 1.54) is 0 Å². The lowest BCUT2D eigenvalue weighted by Gasteiger charge is -2.36. The topological polar surface area (TPSA) is 72.9 Å². The zero-order valence-corrected chi connectivity index (χ0v) is 21.9. The highest BCUT2D eigenvalue weighted by Gasteiger charge is 2.59. The van der Waals surface area contributed by atoms with Gasteiger partial charge in [0.1, 0.15) is 17.5 Å². The SMILES string of the molecule is CC1C(C(=O)OC(C)(C)C)C1[C@H]1CN(S(=O)(=O)c2cccc(C(F)(F)F)c2)c2cc(Br)ccc2O1. The summed E-state index contributed by atoms with van der Waals surface area (Å²) in [6.45, 7) is 7.01. The monoisotopic (exact) mass is 575 g/mol. The second-order valence-electron chi connectivity index (χ2n) is 9.83. The van der Waals surface area contributed by atoms with E-state index in [1.54, 1.807) is 39.0 Å². The van der Waals surface area contributed by atoms with Crippen LogP contribution in [0.5, 0.6) is 5.75 Å². The molecule has 0 bridgehead atoms. The number of ether oxygens (including phenoxy) is 2. The van der Waals surface area contributed by atoms with E-state index in [-0.39, 0.29) is 35.8 Å². The summed E-state index contributed by atoms with van der Waals surface area (Å²) < 4.78 is 80.3. The molecule has 6 nitrogen and oxygen atoms in total.